The van der Waals surface area contributed by atoms with Crippen LogP contribution >= 0.6 is 0 Å². The van der Waals surface area contributed by atoms with Crippen molar-refractivity contribution in [3.8, 4) is 0 Å². The van der Waals surface area contributed by atoms with Crippen molar-refractivity contribution in [2.75, 3.05) is 19.6 Å². The van der Waals surface area contributed by atoms with Crippen molar-refractivity contribution >= 4 is 5.91 Å². The van der Waals surface area contributed by atoms with Crippen molar-refractivity contribution < 1.29 is 4.79 Å². The van der Waals surface area contributed by atoms with Crippen molar-refractivity contribution in [3.63, 3.8) is 0 Å². The molecule has 0 aliphatic carbocycles. The molecule has 0 saturated carbocycles. The molecule has 18 heavy (non-hydrogen) atoms. The molecule has 1 amide bonds. The van der Waals surface area contributed by atoms with Crippen LogP contribution in [0.25, 0.3) is 0 Å². The highest BCUT2D eigenvalue weighted by atomic mass is 16.2. The van der Waals surface area contributed by atoms with E-state index in [4.69, 9.17) is 0 Å². The fourth-order valence-electron chi connectivity index (χ4n) is 1.85. The average molecular weight is 252 g/mol. The summed E-state index contributed by atoms with van der Waals surface area (Å²) in [6.45, 7) is 10.3. The Hall–Kier alpha value is -1.36. The maximum absolute atomic E-state index is 12.0. The third-order valence-electron chi connectivity index (χ3n) is 3.14. The van der Waals surface area contributed by atoms with Gasteiger partial charge in [0.15, 0.2) is 0 Å². The Morgan fingerprint density at radius 1 is 1.44 bits per heavy atom. The molecule has 0 spiro atoms. The summed E-state index contributed by atoms with van der Waals surface area (Å²) in [5.74, 6) is 0.0487. The topological polar surface area (TPSA) is 50.2 Å². The first-order valence-corrected chi connectivity index (χ1v) is 6.41. The van der Waals surface area contributed by atoms with Gasteiger partial charge in [0.1, 0.15) is 0 Å². The Morgan fingerprint density at radius 3 is 2.50 bits per heavy atom. The minimum absolute atomic E-state index is 0.0487. The summed E-state index contributed by atoms with van der Waals surface area (Å²) in [6.07, 6.45) is 3.72. The van der Waals surface area contributed by atoms with E-state index in [-0.39, 0.29) is 5.91 Å². The fourth-order valence-corrected chi connectivity index (χ4v) is 1.85. The lowest BCUT2D eigenvalue weighted by Gasteiger charge is -2.27. The summed E-state index contributed by atoms with van der Waals surface area (Å²) in [7, 11) is 1.87. The molecule has 5 nitrogen and oxygen atoms in total. The molecule has 5 heteroatoms. The monoisotopic (exact) mass is 252 g/mol. The van der Waals surface area contributed by atoms with Gasteiger partial charge in [0.2, 0.25) is 5.91 Å². The number of aromatic nitrogens is 2. The van der Waals surface area contributed by atoms with Gasteiger partial charge in [-0.1, -0.05) is 13.8 Å². The third-order valence-corrected chi connectivity index (χ3v) is 3.14. The van der Waals surface area contributed by atoms with Gasteiger partial charge in [0.05, 0.1) is 18.3 Å². The Labute approximate surface area is 109 Å². The smallest absolute Gasteiger partial charge is 0.234 e. The summed E-state index contributed by atoms with van der Waals surface area (Å²) in [5.41, 5.74) is 0.622. The second-order valence-electron chi connectivity index (χ2n) is 5.04. The van der Waals surface area contributed by atoms with Crippen molar-refractivity contribution in [2.45, 2.75) is 33.2 Å². The van der Waals surface area contributed by atoms with Crippen LogP contribution < -0.4 is 5.32 Å². The number of rotatable bonds is 6. The van der Waals surface area contributed by atoms with Crippen LogP contribution in [0.4, 0.5) is 0 Å². The van der Waals surface area contributed by atoms with E-state index >= 15 is 0 Å². The minimum Gasteiger partial charge on any atom is -0.346 e. The van der Waals surface area contributed by atoms with E-state index in [1.165, 1.54) is 0 Å². The molecular weight excluding hydrogens is 228 g/mol. The first kappa shape index (κ1) is 14.7. The van der Waals surface area contributed by atoms with Crippen molar-refractivity contribution in [3.05, 3.63) is 18.0 Å². The molecule has 0 atom stereocenters. The molecule has 0 saturated heterocycles. The van der Waals surface area contributed by atoms with E-state index < -0.39 is 5.54 Å². The summed E-state index contributed by atoms with van der Waals surface area (Å²) >= 11 is 0. The lowest BCUT2D eigenvalue weighted by atomic mass is 9.98. The predicted molar refractivity (Wildman–Crippen MR) is 72.2 cm³/mol. The van der Waals surface area contributed by atoms with Crippen LogP contribution in [-0.4, -0.2) is 40.2 Å². The lowest BCUT2D eigenvalue weighted by Crippen LogP contribution is -2.45. The van der Waals surface area contributed by atoms with E-state index in [0.29, 0.717) is 6.54 Å². The first-order chi connectivity index (χ1) is 8.39. The molecule has 0 aliphatic heterocycles. The van der Waals surface area contributed by atoms with Gasteiger partial charge in [0, 0.05) is 18.8 Å². The lowest BCUT2D eigenvalue weighted by molar-refractivity contribution is -0.123. The second-order valence-corrected chi connectivity index (χ2v) is 5.04. The Kier molecular flexibility index (Phi) is 4.90. The van der Waals surface area contributed by atoms with E-state index in [0.717, 1.165) is 18.7 Å². The maximum Gasteiger partial charge on any atom is 0.234 e. The van der Waals surface area contributed by atoms with Crippen LogP contribution in [0.1, 0.15) is 33.3 Å². The molecule has 0 fully saturated rings. The molecule has 0 bridgehead atoms. The van der Waals surface area contributed by atoms with Crippen LogP contribution in [0, 0.1) is 0 Å². The molecule has 0 aromatic carbocycles. The molecule has 0 radical (unpaired) electrons. The zero-order valence-electron chi connectivity index (χ0n) is 12.0. The number of hydrogen-bond acceptors (Lipinski definition) is 3. The van der Waals surface area contributed by atoms with Crippen LogP contribution in [-0.2, 0) is 17.4 Å². The van der Waals surface area contributed by atoms with Crippen molar-refractivity contribution in [1.29, 1.82) is 0 Å². The van der Waals surface area contributed by atoms with E-state index in [1.807, 2.05) is 27.1 Å². The first-order valence-electron chi connectivity index (χ1n) is 6.41. The van der Waals surface area contributed by atoms with Gasteiger partial charge in [-0.2, -0.15) is 5.10 Å². The number of nitrogens with zero attached hydrogens (tertiary/aromatic N) is 3. The second kappa shape index (κ2) is 6.00. The van der Waals surface area contributed by atoms with Crippen LogP contribution in [0.15, 0.2) is 12.4 Å². The van der Waals surface area contributed by atoms with Gasteiger partial charge in [-0.3, -0.25) is 14.4 Å². The van der Waals surface area contributed by atoms with E-state index in [2.05, 4.69) is 29.2 Å². The fraction of sp³-hybridized carbons (Fsp3) is 0.692. The highest BCUT2D eigenvalue weighted by molar-refractivity contribution is 5.79. The zero-order chi connectivity index (χ0) is 13.8. The van der Waals surface area contributed by atoms with Crippen LogP contribution in [0.2, 0.25) is 0 Å². The largest absolute Gasteiger partial charge is 0.346 e. The standard InChI is InChI=1S/C13H24N4O/c1-6-17(7-2)10-12(18)15-13(3,4)11-8-14-16(5)9-11/h8-9H,6-7,10H2,1-5H3,(H,15,18). The zero-order valence-corrected chi connectivity index (χ0v) is 12.0. The number of likely N-dealkylation sites (N-methyl/N-ethyl adjacent to an activating group) is 1. The molecule has 102 valence electrons. The van der Waals surface area contributed by atoms with E-state index in [1.54, 1.807) is 10.9 Å². The number of nitrogens with one attached hydrogen (secondary N) is 1. The molecule has 1 N–H and O–H groups in total. The van der Waals surface area contributed by atoms with Gasteiger partial charge in [0.25, 0.3) is 0 Å². The van der Waals surface area contributed by atoms with Crippen LogP contribution in [0.3, 0.4) is 0 Å². The summed E-state index contributed by atoms with van der Waals surface area (Å²) in [5, 5.41) is 7.19. The normalized spacial score (nSPS) is 11.9. The molecular formula is C13H24N4O. The molecule has 0 unspecified atom stereocenters. The van der Waals surface area contributed by atoms with E-state index in [9.17, 15) is 4.79 Å². The van der Waals surface area contributed by atoms with Crippen molar-refractivity contribution in [1.82, 2.24) is 20.0 Å². The Bertz CT molecular complexity index is 393. The summed E-state index contributed by atoms with van der Waals surface area (Å²) in [4.78, 5) is 14.1. The third kappa shape index (κ3) is 3.84. The molecule has 1 aromatic rings. The Morgan fingerprint density at radius 2 is 2.06 bits per heavy atom. The number of carbonyl (C=O) groups excluding carboxylic acids is 1. The summed E-state index contributed by atoms with van der Waals surface area (Å²) < 4.78 is 1.74. The average Bonchev–Trinajstić information content (AvgIpc) is 2.73. The maximum atomic E-state index is 12.0. The quantitative estimate of drug-likeness (QED) is 0.825. The molecule has 1 aromatic heterocycles. The number of hydrogen-bond donors (Lipinski definition) is 1. The highest BCUT2D eigenvalue weighted by Gasteiger charge is 2.24. The predicted octanol–water partition coefficient (Wildman–Crippen LogP) is 1.11. The van der Waals surface area contributed by atoms with Gasteiger partial charge < -0.3 is 5.32 Å². The van der Waals surface area contributed by atoms with Gasteiger partial charge in [-0.15, -0.1) is 0 Å². The SMILES string of the molecule is CCN(CC)CC(=O)NC(C)(C)c1cnn(C)c1. The molecule has 1 rings (SSSR count). The highest BCUT2D eigenvalue weighted by Crippen LogP contribution is 2.18. The number of aryl methyl sites for hydroxylation is 1. The van der Waals surface area contributed by atoms with Crippen LogP contribution in [0.5, 0.6) is 0 Å². The Balaban J connectivity index is 2.62. The number of amides is 1. The molecule has 1 heterocycles. The van der Waals surface area contributed by atoms with Gasteiger partial charge in [-0.05, 0) is 26.9 Å². The van der Waals surface area contributed by atoms with Crippen molar-refractivity contribution in [2.24, 2.45) is 7.05 Å². The minimum atomic E-state index is -0.390. The van der Waals surface area contributed by atoms with Gasteiger partial charge >= 0.3 is 0 Å². The van der Waals surface area contributed by atoms with Gasteiger partial charge in [-0.25, -0.2) is 0 Å². The number of carbonyl (C=O) groups is 1. The summed E-state index contributed by atoms with van der Waals surface area (Å²) in [6, 6.07) is 0. The molecule has 0 aliphatic rings.